The smallest absolute Gasteiger partial charge is 0.335 e. The minimum absolute atomic E-state index is 0.319. The first kappa shape index (κ1) is 14.1. The van der Waals surface area contributed by atoms with E-state index in [9.17, 15) is 4.79 Å². The molecule has 2 N–H and O–H groups in total. The van der Waals surface area contributed by atoms with Crippen LogP contribution in [-0.2, 0) is 6.54 Å². The molecular weight excluding hydrogens is 250 g/mol. The standard InChI is InChI=1S/C17H19NO2/c1-11-6-12(2)8-14(7-11)10-18-16-5-4-15(17(19)20)9-13(16)3/h4-9,18H,10H2,1-3H3,(H,19,20). The van der Waals surface area contributed by atoms with E-state index in [0.29, 0.717) is 5.56 Å². The lowest BCUT2D eigenvalue weighted by atomic mass is 10.1. The molecule has 3 heteroatoms. The zero-order valence-electron chi connectivity index (χ0n) is 12.0. The number of carbonyl (C=O) groups is 1. The van der Waals surface area contributed by atoms with Gasteiger partial charge in [0, 0.05) is 12.2 Å². The third-order valence-corrected chi connectivity index (χ3v) is 3.24. The van der Waals surface area contributed by atoms with E-state index in [-0.39, 0.29) is 0 Å². The molecule has 0 aliphatic heterocycles. The molecule has 0 heterocycles. The monoisotopic (exact) mass is 269 g/mol. The second-order valence-corrected chi connectivity index (χ2v) is 5.18. The maximum atomic E-state index is 10.9. The van der Waals surface area contributed by atoms with Crippen LogP contribution in [0, 0.1) is 20.8 Å². The van der Waals surface area contributed by atoms with Crippen LogP contribution in [0.5, 0.6) is 0 Å². The number of rotatable bonds is 4. The fourth-order valence-electron chi connectivity index (χ4n) is 2.36. The summed E-state index contributed by atoms with van der Waals surface area (Å²) in [6, 6.07) is 11.6. The fraction of sp³-hybridized carbons (Fsp3) is 0.235. The van der Waals surface area contributed by atoms with Crippen molar-refractivity contribution in [2.75, 3.05) is 5.32 Å². The van der Waals surface area contributed by atoms with Crippen LogP contribution in [0.4, 0.5) is 5.69 Å². The van der Waals surface area contributed by atoms with E-state index in [1.807, 2.05) is 13.0 Å². The molecule has 2 rings (SSSR count). The van der Waals surface area contributed by atoms with Gasteiger partial charge in [0.15, 0.2) is 0 Å². The number of hydrogen-bond donors (Lipinski definition) is 2. The van der Waals surface area contributed by atoms with Gasteiger partial charge in [-0.15, -0.1) is 0 Å². The van der Waals surface area contributed by atoms with E-state index in [4.69, 9.17) is 5.11 Å². The summed E-state index contributed by atoms with van der Waals surface area (Å²) in [5.74, 6) is -0.894. The fourth-order valence-corrected chi connectivity index (χ4v) is 2.36. The minimum atomic E-state index is -0.894. The largest absolute Gasteiger partial charge is 0.478 e. The molecule has 0 fully saturated rings. The van der Waals surface area contributed by atoms with Gasteiger partial charge in [-0.1, -0.05) is 29.3 Å². The van der Waals surface area contributed by atoms with E-state index in [1.165, 1.54) is 16.7 Å². The Kier molecular flexibility index (Phi) is 4.08. The molecule has 3 nitrogen and oxygen atoms in total. The second-order valence-electron chi connectivity index (χ2n) is 5.18. The Morgan fingerprint density at radius 1 is 1.05 bits per heavy atom. The van der Waals surface area contributed by atoms with Gasteiger partial charge in [-0.2, -0.15) is 0 Å². The van der Waals surface area contributed by atoms with Gasteiger partial charge in [0.25, 0.3) is 0 Å². The van der Waals surface area contributed by atoms with Crippen molar-refractivity contribution >= 4 is 11.7 Å². The Morgan fingerprint density at radius 2 is 1.70 bits per heavy atom. The van der Waals surface area contributed by atoms with Crippen molar-refractivity contribution in [1.82, 2.24) is 0 Å². The highest BCUT2D eigenvalue weighted by atomic mass is 16.4. The molecule has 0 spiro atoms. The summed E-state index contributed by atoms with van der Waals surface area (Å²) in [6.07, 6.45) is 0. The van der Waals surface area contributed by atoms with Crippen molar-refractivity contribution in [3.05, 3.63) is 64.2 Å². The summed E-state index contributed by atoms with van der Waals surface area (Å²) in [7, 11) is 0. The predicted molar refractivity (Wildman–Crippen MR) is 81.4 cm³/mol. The number of nitrogens with one attached hydrogen (secondary N) is 1. The molecule has 20 heavy (non-hydrogen) atoms. The van der Waals surface area contributed by atoms with Crippen LogP contribution in [0.25, 0.3) is 0 Å². The van der Waals surface area contributed by atoms with Crippen molar-refractivity contribution in [3.63, 3.8) is 0 Å². The number of carboxylic acids is 1. The lowest BCUT2D eigenvalue weighted by molar-refractivity contribution is 0.0697. The predicted octanol–water partition coefficient (Wildman–Crippen LogP) is 3.92. The van der Waals surface area contributed by atoms with Gasteiger partial charge < -0.3 is 10.4 Å². The Labute approximate surface area is 119 Å². The Bertz CT molecular complexity index is 627. The number of aromatic carboxylic acids is 1. The van der Waals surface area contributed by atoms with Crippen molar-refractivity contribution < 1.29 is 9.90 Å². The summed E-state index contributed by atoms with van der Waals surface area (Å²) < 4.78 is 0. The maximum absolute atomic E-state index is 10.9. The van der Waals surface area contributed by atoms with Gasteiger partial charge in [0.1, 0.15) is 0 Å². The molecule has 0 saturated heterocycles. The van der Waals surface area contributed by atoms with Crippen molar-refractivity contribution in [1.29, 1.82) is 0 Å². The molecular formula is C17H19NO2. The van der Waals surface area contributed by atoms with Crippen LogP contribution in [0.3, 0.4) is 0 Å². The van der Waals surface area contributed by atoms with E-state index in [1.54, 1.807) is 12.1 Å². The van der Waals surface area contributed by atoms with Gasteiger partial charge in [-0.05, 0) is 50.1 Å². The van der Waals surface area contributed by atoms with Crippen LogP contribution in [0.2, 0.25) is 0 Å². The number of anilines is 1. The Morgan fingerprint density at radius 3 is 2.25 bits per heavy atom. The highest BCUT2D eigenvalue weighted by Gasteiger charge is 2.05. The summed E-state index contributed by atoms with van der Waals surface area (Å²) in [5, 5.41) is 12.3. The molecule has 2 aromatic rings. The zero-order chi connectivity index (χ0) is 14.7. The lowest BCUT2D eigenvalue weighted by Crippen LogP contribution is -2.03. The molecule has 0 aliphatic carbocycles. The van der Waals surface area contributed by atoms with Crippen molar-refractivity contribution in [2.45, 2.75) is 27.3 Å². The number of carboxylic acid groups (broad SMARTS) is 1. The Hall–Kier alpha value is -2.29. The van der Waals surface area contributed by atoms with E-state index < -0.39 is 5.97 Å². The van der Waals surface area contributed by atoms with Gasteiger partial charge >= 0.3 is 5.97 Å². The van der Waals surface area contributed by atoms with Crippen molar-refractivity contribution in [3.8, 4) is 0 Å². The van der Waals surface area contributed by atoms with Crippen LogP contribution in [-0.4, -0.2) is 11.1 Å². The lowest BCUT2D eigenvalue weighted by Gasteiger charge is -2.11. The number of benzene rings is 2. The molecule has 0 amide bonds. The molecule has 104 valence electrons. The second kappa shape index (κ2) is 5.78. The third kappa shape index (κ3) is 3.38. The first-order valence-electron chi connectivity index (χ1n) is 6.60. The first-order chi connectivity index (χ1) is 9.45. The summed E-state index contributed by atoms with van der Waals surface area (Å²) in [5.41, 5.74) is 5.95. The zero-order valence-corrected chi connectivity index (χ0v) is 12.0. The van der Waals surface area contributed by atoms with Crippen LogP contribution < -0.4 is 5.32 Å². The quantitative estimate of drug-likeness (QED) is 0.884. The highest BCUT2D eigenvalue weighted by Crippen LogP contribution is 2.18. The van der Waals surface area contributed by atoms with Crippen LogP contribution in [0.1, 0.15) is 32.6 Å². The molecule has 2 aromatic carbocycles. The van der Waals surface area contributed by atoms with Crippen LogP contribution >= 0.6 is 0 Å². The average molecular weight is 269 g/mol. The number of hydrogen-bond acceptors (Lipinski definition) is 2. The van der Waals surface area contributed by atoms with Gasteiger partial charge in [0.2, 0.25) is 0 Å². The van der Waals surface area contributed by atoms with Gasteiger partial charge in [-0.25, -0.2) is 4.79 Å². The molecule has 0 aliphatic rings. The molecule has 0 saturated carbocycles. The maximum Gasteiger partial charge on any atom is 0.335 e. The topological polar surface area (TPSA) is 49.3 Å². The van der Waals surface area contributed by atoms with Gasteiger partial charge in [0.05, 0.1) is 5.56 Å². The summed E-state index contributed by atoms with van der Waals surface area (Å²) in [6.45, 7) is 6.82. The van der Waals surface area contributed by atoms with E-state index >= 15 is 0 Å². The molecule has 0 aromatic heterocycles. The number of aryl methyl sites for hydroxylation is 3. The normalized spacial score (nSPS) is 10.3. The average Bonchev–Trinajstić information content (AvgIpc) is 2.36. The highest BCUT2D eigenvalue weighted by molar-refractivity contribution is 5.88. The molecule has 0 unspecified atom stereocenters. The van der Waals surface area contributed by atoms with E-state index in [0.717, 1.165) is 17.8 Å². The third-order valence-electron chi connectivity index (χ3n) is 3.24. The van der Waals surface area contributed by atoms with Crippen molar-refractivity contribution in [2.24, 2.45) is 0 Å². The Balaban J connectivity index is 2.12. The minimum Gasteiger partial charge on any atom is -0.478 e. The van der Waals surface area contributed by atoms with E-state index in [2.05, 4.69) is 37.4 Å². The summed E-state index contributed by atoms with van der Waals surface area (Å²) in [4.78, 5) is 10.9. The first-order valence-corrected chi connectivity index (χ1v) is 6.60. The molecule has 0 atom stereocenters. The SMILES string of the molecule is Cc1cc(C)cc(CNc2ccc(C(=O)O)cc2C)c1. The molecule has 0 radical (unpaired) electrons. The molecule has 0 bridgehead atoms. The van der Waals surface area contributed by atoms with Crippen LogP contribution in [0.15, 0.2) is 36.4 Å². The summed E-state index contributed by atoms with van der Waals surface area (Å²) >= 11 is 0. The van der Waals surface area contributed by atoms with Gasteiger partial charge in [-0.3, -0.25) is 0 Å².